The van der Waals surface area contributed by atoms with Gasteiger partial charge < -0.3 is 15.5 Å². The summed E-state index contributed by atoms with van der Waals surface area (Å²) in [4.78, 5) is 27.0. The van der Waals surface area contributed by atoms with Gasteiger partial charge in [0.2, 0.25) is 5.91 Å². The number of nitrogens with zero attached hydrogens (tertiary/aromatic N) is 1. The molecule has 3 amide bonds. The third-order valence-electron chi connectivity index (χ3n) is 4.33. The van der Waals surface area contributed by atoms with Crippen LogP contribution in [0.25, 0.3) is 0 Å². The summed E-state index contributed by atoms with van der Waals surface area (Å²) in [7, 11) is 0. The molecular weight excluding hydrogens is 302 g/mol. The Bertz CT molecular complexity index is 525. The normalized spacial score (nSPS) is 15.9. The van der Waals surface area contributed by atoms with Crippen molar-refractivity contribution in [1.29, 1.82) is 0 Å². The van der Waals surface area contributed by atoms with E-state index in [0.717, 1.165) is 37.9 Å². The fourth-order valence-corrected chi connectivity index (χ4v) is 2.89. The van der Waals surface area contributed by atoms with Gasteiger partial charge in [0.15, 0.2) is 0 Å². The average molecular weight is 331 g/mol. The summed E-state index contributed by atoms with van der Waals surface area (Å²) in [6, 6.07) is 8.57. The molecule has 2 rings (SSSR count). The molecule has 5 heteroatoms. The Labute approximate surface area is 144 Å². The molecule has 2 N–H and O–H groups in total. The molecule has 1 heterocycles. The summed E-state index contributed by atoms with van der Waals surface area (Å²) >= 11 is 0. The van der Waals surface area contributed by atoms with E-state index >= 15 is 0 Å². The van der Waals surface area contributed by atoms with Crippen LogP contribution in [0.15, 0.2) is 30.3 Å². The summed E-state index contributed by atoms with van der Waals surface area (Å²) < 4.78 is 0. The zero-order valence-electron chi connectivity index (χ0n) is 14.8. The van der Waals surface area contributed by atoms with Crippen molar-refractivity contribution >= 4 is 11.9 Å². The van der Waals surface area contributed by atoms with Crippen LogP contribution in [0.2, 0.25) is 0 Å². The van der Waals surface area contributed by atoms with Crippen molar-refractivity contribution in [3.8, 4) is 0 Å². The number of carbonyl (C=O) groups is 2. The maximum Gasteiger partial charge on any atom is 0.315 e. The summed E-state index contributed by atoms with van der Waals surface area (Å²) in [5, 5.41) is 5.71. The first-order valence-corrected chi connectivity index (χ1v) is 8.96. The highest BCUT2D eigenvalue weighted by molar-refractivity contribution is 5.88. The predicted octanol–water partition coefficient (Wildman–Crippen LogP) is 3.09. The molecule has 1 atom stereocenters. The molecule has 5 nitrogen and oxygen atoms in total. The number of hydrogen-bond acceptors (Lipinski definition) is 2. The minimum absolute atomic E-state index is 0.0140. The monoisotopic (exact) mass is 331 g/mol. The quantitative estimate of drug-likeness (QED) is 0.841. The zero-order chi connectivity index (χ0) is 17.4. The van der Waals surface area contributed by atoms with Gasteiger partial charge >= 0.3 is 6.03 Å². The Hall–Kier alpha value is -2.04. The lowest BCUT2D eigenvalue weighted by molar-refractivity contribution is -0.134. The van der Waals surface area contributed by atoms with E-state index in [4.69, 9.17) is 0 Å². The molecule has 0 spiro atoms. The van der Waals surface area contributed by atoms with Crippen LogP contribution >= 0.6 is 0 Å². The highest BCUT2D eigenvalue weighted by atomic mass is 16.2. The lowest BCUT2D eigenvalue weighted by atomic mass is 10.0. The molecule has 0 unspecified atom stereocenters. The summed E-state index contributed by atoms with van der Waals surface area (Å²) in [5.74, 6) is 0.519. The smallest absolute Gasteiger partial charge is 0.315 e. The molecule has 0 radical (unpaired) electrons. The van der Waals surface area contributed by atoms with Gasteiger partial charge in [-0.25, -0.2) is 4.79 Å². The molecule has 24 heavy (non-hydrogen) atoms. The summed E-state index contributed by atoms with van der Waals surface area (Å²) in [6.45, 7) is 6.40. The van der Waals surface area contributed by atoms with Gasteiger partial charge in [-0.3, -0.25) is 4.79 Å². The molecule has 132 valence electrons. The lowest BCUT2D eigenvalue weighted by Gasteiger charge is -2.31. The molecule has 1 saturated heterocycles. The van der Waals surface area contributed by atoms with Crippen LogP contribution in [0.4, 0.5) is 4.79 Å². The van der Waals surface area contributed by atoms with Crippen molar-refractivity contribution in [2.75, 3.05) is 19.6 Å². The molecule has 0 saturated carbocycles. The van der Waals surface area contributed by atoms with Gasteiger partial charge in [0, 0.05) is 19.6 Å². The summed E-state index contributed by atoms with van der Waals surface area (Å²) in [6.07, 6.45) is 4.16. The number of rotatable bonds is 6. The Kier molecular flexibility index (Phi) is 7.09. The number of hydrogen-bond donors (Lipinski definition) is 2. The molecule has 1 aliphatic rings. The van der Waals surface area contributed by atoms with Crippen molar-refractivity contribution in [1.82, 2.24) is 15.5 Å². The van der Waals surface area contributed by atoms with Crippen LogP contribution in [0.3, 0.4) is 0 Å². The fraction of sp³-hybridized carbons (Fsp3) is 0.579. The average Bonchev–Trinajstić information content (AvgIpc) is 2.60. The Balaban J connectivity index is 2.03. The second kappa shape index (κ2) is 9.30. The molecule has 0 aromatic heterocycles. The van der Waals surface area contributed by atoms with Crippen LogP contribution in [-0.4, -0.2) is 36.5 Å². The number of urea groups is 1. The van der Waals surface area contributed by atoms with Crippen LogP contribution in [-0.2, 0) is 4.79 Å². The first kappa shape index (κ1) is 18.3. The fourth-order valence-electron chi connectivity index (χ4n) is 2.89. The van der Waals surface area contributed by atoms with Gasteiger partial charge in [-0.05, 0) is 37.2 Å². The molecule has 1 aromatic rings. The predicted molar refractivity (Wildman–Crippen MR) is 95.6 cm³/mol. The largest absolute Gasteiger partial charge is 0.341 e. The minimum atomic E-state index is -0.622. The van der Waals surface area contributed by atoms with Gasteiger partial charge in [0.25, 0.3) is 0 Å². The van der Waals surface area contributed by atoms with Crippen LogP contribution < -0.4 is 10.6 Å². The van der Waals surface area contributed by atoms with Crippen LogP contribution in [0.5, 0.6) is 0 Å². The van der Waals surface area contributed by atoms with E-state index in [1.165, 1.54) is 6.42 Å². The van der Waals surface area contributed by atoms with Gasteiger partial charge in [0.1, 0.15) is 6.04 Å². The number of carbonyl (C=O) groups excluding carboxylic acids is 2. The van der Waals surface area contributed by atoms with Crippen molar-refractivity contribution in [2.24, 2.45) is 5.92 Å². The maximum absolute atomic E-state index is 12.9. The van der Waals surface area contributed by atoms with Gasteiger partial charge in [0.05, 0.1) is 0 Å². The standard InChI is InChI=1S/C19H29N3O2/c1-15(2)11-12-20-19(24)21-17(16-9-5-3-6-10-16)18(23)22-13-7-4-8-14-22/h3,5-6,9-10,15,17H,4,7-8,11-14H2,1-2H3,(H2,20,21,24)/t17-/m1/s1. The SMILES string of the molecule is CC(C)CCNC(=O)N[C@@H](C(=O)N1CCCCC1)c1ccccc1. The summed E-state index contributed by atoms with van der Waals surface area (Å²) in [5.41, 5.74) is 0.826. The Morgan fingerprint density at radius 2 is 1.75 bits per heavy atom. The molecule has 1 fully saturated rings. The van der Waals surface area contributed by atoms with E-state index in [-0.39, 0.29) is 11.9 Å². The number of amides is 3. The van der Waals surface area contributed by atoms with Gasteiger partial charge in [-0.15, -0.1) is 0 Å². The molecule has 1 aromatic carbocycles. The first-order chi connectivity index (χ1) is 11.6. The highest BCUT2D eigenvalue weighted by Crippen LogP contribution is 2.19. The third kappa shape index (κ3) is 5.55. The molecular formula is C19H29N3O2. The van der Waals surface area contributed by atoms with E-state index < -0.39 is 6.04 Å². The van der Waals surface area contributed by atoms with E-state index in [1.807, 2.05) is 35.2 Å². The second-order valence-electron chi connectivity index (χ2n) is 6.81. The van der Waals surface area contributed by atoms with E-state index in [9.17, 15) is 9.59 Å². The molecule has 1 aliphatic heterocycles. The number of benzene rings is 1. The van der Waals surface area contributed by atoms with Crippen molar-refractivity contribution in [3.05, 3.63) is 35.9 Å². The molecule has 0 aliphatic carbocycles. The topological polar surface area (TPSA) is 61.4 Å². The van der Waals surface area contributed by atoms with E-state index in [2.05, 4.69) is 24.5 Å². The van der Waals surface area contributed by atoms with Crippen molar-refractivity contribution < 1.29 is 9.59 Å². The first-order valence-electron chi connectivity index (χ1n) is 8.96. The van der Waals surface area contributed by atoms with E-state index in [1.54, 1.807) is 0 Å². The van der Waals surface area contributed by atoms with E-state index in [0.29, 0.717) is 12.5 Å². The zero-order valence-corrected chi connectivity index (χ0v) is 14.8. The lowest BCUT2D eigenvalue weighted by Crippen LogP contribution is -2.47. The van der Waals surface area contributed by atoms with Gasteiger partial charge in [-0.1, -0.05) is 44.2 Å². The number of piperidine rings is 1. The van der Waals surface area contributed by atoms with Crippen molar-refractivity contribution in [2.45, 2.75) is 45.6 Å². The minimum Gasteiger partial charge on any atom is -0.341 e. The number of likely N-dealkylation sites (tertiary alicyclic amines) is 1. The Morgan fingerprint density at radius 3 is 2.38 bits per heavy atom. The maximum atomic E-state index is 12.9. The highest BCUT2D eigenvalue weighted by Gasteiger charge is 2.28. The Morgan fingerprint density at radius 1 is 1.08 bits per heavy atom. The third-order valence-corrected chi connectivity index (χ3v) is 4.33. The molecule has 0 bridgehead atoms. The second-order valence-corrected chi connectivity index (χ2v) is 6.81. The van der Waals surface area contributed by atoms with Crippen LogP contribution in [0, 0.1) is 5.92 Å². The van der Waals surface area contributed by atoms with Crippen LogP contribution in [0.1, 0.15) is 51.1 Å². The number of nitrogens with one attached hydrogen (secondary N) is 2. The van der Waals surface area contributed by atoms with Gasteiger partial charge in [-0.2, -0.15) is 0 Å². The van der Waals surface area contributed by atoms with Crippen molar-refractivity contribution in [3.63, 3.8) is 0 Å².